The molecule has 0 amide bonds. The molecule has 1 N–H and O–H groups in total. The molecule has 0 aliphatic carbocycles. The van der Waals surface area contributed by atoms with E-state index in [1.807, 2.05) is 30.3 Å². The molecule has 0 radical (unpaired) electrons. The molecule has 4 aromatic carbocycles. The predicted octanol–water partition coefficient (Wildman–Crippen LogP) is 10.5. The summed E-state index contributed by atoms with van der Waals surface area (Å²) in [5, 5.41) is 11.6. The van der Waals surface area contributed by atoms with Crippen LogP contribution in [0.5, 0.6) is 11.5 Å². The molecule has 20 heteroatoms. The zero-order chi connectivity index (χ0) is 45.1. The van der Waals surface area contributed by atoms with Crippen LogP contribution in [0.15, 0.2) is 109 Å². The molecule has 7 nitrogen and oxygen atoms in total. The normalized spacial score (nSPS) is 22.8. The first-order chi connectivity index (χ1) is 29.1. The molecule has 2 heterocycles. The van der Waals surface area contributed by atoms with Crippen LogP contribution in [-0.4, -0.2) is 78.2 Å². The minimum atomic E-state index is -7.94. The van der Waals surface area contributed by atoms with Crippen LogP contribution in [0.2, 0.25) is 0 Å². The van der Waals surface area contributed by atoms with Gasteiger partial charge in [-0.2, -0.15) is 57.1 Å². The van der Waals surface area contributed by atoms with Gasteiger partial charge in [-0.3, -0.25) is 0 Å². The van der Waals surface area contributed by atoms with Gasteiger partial charge in [0, 0.05) is 12.0 Å². The van der Waals surface area contributed by atoms with Crippen LogP contribution in [0, 0.1) is 0 Å². The number of alkyl halides is 13. The molecular weight excluding hydrogens is 863 g/mol. The number of rotatable bonds is 17. The lowest BCUT2D eigenvalue weighted by atomic mass is 9.91. The summed E-state index contributed by atoms with van der Waals surface area (Å²) in [7, 11) is 0. The number of fused-ring (bicyclic) bond motifs is 1. The van der Waals surface area contributed by atoms with Gasteiger partial charge in [0.25, 0.3) is 0 Å². The smallest absolute Gasteiger partial charge is 0.460 e. The van der Waals surface area contributed by atoms with Crippen LogP contribution in [0.4, 0.5) is 57.1 Å². The largest absolute Gasteiger partial charge is 0.489 e. The van der Waals surface area contributed by atoms with E-state index in [0.29, 0.717) is 29.2 Å². The highest BCUT2D eigenvalue weighted by Crippen LogP contribution is 2.60. The Morgan fingerprint density at radius 1 is 0.581 bits per heavy atom. The van der Waals surface area contributed by atoms with Gasteiger partial charge in [-0.15, -0.1) is 0 Å². The zero-order valence-corrected chi connectivity index (χ0v) is 31.9. The second kappa shape index (κ2) is 18.2. The van der Waals surface area contributed by atoms with E-state index in [-0.39, 0.29) is 18.8 Å². The molecule has 0 bridgehead atoms. The molecule has 2 aliphatic rings. The summed E-state index contributed by atoms with van der Waals surface area (Å²) in [6.07, 6.45) is -17.9. The Labute approximate surface area is 345 Å². The predicted molar refractivity (Wildman–Crippen MR) is 191 cm³/mol. The van der Waals surface area contributed by atoms with E-state index in [0.717, 1.165) is 5.56 Å². The van der Waals surface area contributed by atoms with E-state index in [1.54, 1.807) is 54.6 Å². The van der Waals surface area contributed by atoms with Crippen molar-refractivity contribution in [3.8, 4) is 11.5 Å². The van der Waals surface area contributed by atoms with Crippen LogP contribution in [-0.2, 0) is 38.6 Å². The first-order valence-electron chi connectivity index (χ1n) is 18.8. The highest BCUT2D eigenvalue weighted by Gasteiger charge is 2.90. The Balaban J connectivity index is 1.09. The van der Waals surface area contributed by atoms with E-state index in [1.165, 1.54) is 24.3 Å². The summed E-state index contributed by atoms with van der Waals surface area (Å²) >= 11 is 0. The lowest BCUT2D eigenvalue weighted by molar-refractivity contribution is -0.440. The number of hydrogen-bond acceptors (Lipinski definition) is 7. The third-order valence-electron chi connectivity index (χ3n) is 10.1. The summed E-state index contributed by atoms with van der Waals surface area (Å²) in [6.45, 7) is 0.105. The van der Waals surface area contributed by atoms with Gasteiger partial charge in [0.15, 0.2) is 6.29 Å². The average molecular weight is 901 g/mol. The molecule has 6 atom stereocenters. The molecule has 0 aromatic heterocycles. The molecule has 338 valence electrons. The van der Waals surface area contributed by atoms with Crippen LogP contribution in [0.25, 0.3) is 0 Å². The van der Waals surface area contributed by atoms with Gasteiger partial charge >= 0.3 is 35.8 Å². The van der Waals surface area contributed by atoms with E-state index in [4.69, 9.17) is 28.4 Å². The number of aryl methyl sites for hydroxylation is 1. The number of ether oxygens (including phenoxy) is 6. The Morgan fingerprint density at radius 3 is 1.74 bits per heavy atom. The first-order valence-corrected chi connectivity index (χ1v) is 18.8. The number of aliphatic hydroxyl groups excluding tert-OH is 1. The van der Waals surface area contributed by atoms with Gasteiger partial charge in [0.2, 0.25) is 6.29 Å². The van der Waals surface area contributed by atoms with E-state index < -0.39 is 92.0 Å². The summed E-state index contributed by atoms with van der Waals surface area (Å²) in [5.74, 6) is -36.2. The molecular formula is C42H37F13O7. The van der Waals surface area contributed by atoms with Crippen molar-refractivity contribution in [2.24, 2.45) is 0 Å². The molecule has 2 aliphatic heterocycles. The lowest BCUT2D eigenvalue weighted by Gasteiger charge is -2.47. The van der Waals surface area contributed by atoms with Crippen molar-refractivity contribution in [1.29, 1.82) is 0 Å². The maximum Gasteiger partial charge on any atom is 0.460 e. The second-order valence-corrected chi connectivity index (χ2v) is 14.5. The number of benzene rings is 4. The molecule has 2 fully saturated rings. The van der Waals surface area contributed by atoms with Crippen molar-refractivity contribution in [3.63, 3.8) is 0 Å². The minimum Gasteiger partial charge on any atom is -0.489 e. The van der Waals surface area contributed by atoms with Crippen molar-refractivity contribution in [2.75, 3.05) is 6.61 Å². The number of aliphatic hydroxyl groups is 1. The number of hydrogen-bond donors (Lipinski definition) is 1. The quantitative estimate of drug-likeness (QED) is 0.106. The SMILES string of the molecule is O[C@H]1[C@H](Oc2ccc(OCc3ccccc3)cc2)O[C@@H]2CO[C@@H](c3ccccc3)O[C@H]2[C@@H]1OCc1ccc(CCCC(F)(F)C(F)(F)C(F)(F)C(F)(F)C(F)(F)C(F)(F)F)cc1. The van der Waals surface area contributed by atoms with Crippen molar-refractivity contribution in [3.05, 3.63) is 131 Å². The van der Waals surface area contributed by atoms with Crippen LogP contribution >= 0.6 is 0 Å². The summed E-state index contributed by atoms with van der Waals surface area (Å²) < 4.78 is 211. The average Bonchev–Trinajstić information content (AvgIpc) is 3.23. The van der Waals surface area contributed by atoms with Gasteiger partial charge in [0.05, 0.1) is 13.2 Å². The van der Waals surface area contributed by atoms with Crippen molar-refractivity contribution < 1.29 is 90.6 Å². The Hall–Kier alpha value is -4.63. The Bertz CT molecular complexity index is 2040. The van der Waals surface area contributed by atoms with E-state index in [9.17, 15) is 62.2 Å². The highest BCUT2D eigenvalue weighted by atomic mass is 19.4. The standard InChI is InChI=1S/C42H37F13O7/c43-37(44,38(45,46)39(47,48)40(49,50)41(51,52)42(53,54)55)21-7-10-25-13-15-27(16-14-25)23-58-34-32(56)36(61-31-24-59-35(62-33(31)34)28-11-5-2-6-12-28)60-30-19-17-29(18-20-30)57-22-26-8-3-1-4-9-26/h1-6,8-9,11-20,31-36,56H,7,10,21-24H2/t31-,32-,33-,34-,35-,36-/m1/s1. The molecule has 2 saturated heterocycles. The van der Waals surface area contributed by atoms with Crippen molar-refractivity contribution in [1.82, 2.24) is 0 Å². The van der Waals surface area contributed by atoms with Crippen molar-refractivity contribution in [2.45, 2.75) is 105 Å². The maximum atomic E-state index is 14.3. The van der Waals surface area contributed by atoms with Gasteiger partial charge in [-0.1, -0.05) is 84.9 Å². The van der Waals surface area contributed by atoms with Gasteiger partial charge in [-0.05, 0) is 53.8 Å². The molecule has 4 aromatic rings. The van der Waals surface area contributed by atoms with Crippen molar-refractivity contribution >= 4 is 0 Å². The van der Waals surface area contributed by atoms with E-state index >= 15 is 0 Å². The van der Waals surface area contributed by atoms with Crippen LogP contribution in [0.1, 0.15) is 41.4 Å². The Morgan fingerprint density at radius 2 is 1.13 bits per heavy atom. The maximum absolute atomic E-state index is 14.3. The highest BCUT2D eigenvalue weighted by molar-refractivity contribution is 5.32. The van der Waals surface area contributed by atoms with Crippen LogP contribution in [0.3, 0.4) is 0 Å². The third kappa shape index (κ3) is 9.63. The molecule has 0 unspecified atom stereocenters. The van der Waals surface area contributed by atoms with Crippen LogP contribution < -0.4 is 9.47 Å². The fourth-order valence-corrected chi connectivity index (χ4v) is 6.59. The monoisotopic (exact) mass is 900 g/mol. The topological polar surface area (TPSA) is 75.6 Å². The fraction of sp³-hybridized carbons (Fsp3) is 0.429. The minimum absolute atomic E-state index is 0.00269. The van der Waals surface area contributed by atoms with Gasteiger partial charge in [-0.25, -0.2) is 0 Å². The third-order valence-corrected chi connectivity index (χ3v) is 10.1. The van der Waals surface area contributed by atoms with Gasteiger partial charge < -0.3 is 33.5 Å². The number of halogens is 13. The first kappa shape index (κ1) is 46.9. The van der Waals surface area contributed by atoms with E-state index in [2.05, 4.69) is 0 Å². The molecule has 0 saturated carbocycles. The fourth-order valence-electron chi connectivity index (χ4n) is 6.59. The molecule has 62 heavy (non-hydrogen) atoms. The summed E-state index contributed by atoms with van der Waals surface area (Å²) in [4.78, 5) is 0. The Kier molecular flexibility index (Phi) is 13.8. The zero-order valence-electron chi connectivity index (χ0n) is 31.9. The lowest BCUT2D eigenvalue weighted by Crippen LogP contribution is -2.70. The summed E-state index contributed by atoms with van der Waals surface area (Å²) in [6, 6.07) is 30.3. The molecule has 6 rings (SSSR count). The van der Waals surface area contributed by atoms with Gasteiger partial charge in [0.1, 0.15) is 42.5 Å². The molecule has 0 spiro atoms. The summed E-state index contributed by atoms with van der Waals surface area (Å²) in [5.41, 5.74) is 2.16. The second-order valence-electron chi connectivity index (χ2n) is 14.5.